The number of hydrogen-bond acceptors (Lipinski definition) is 6. The molecule has 1 aliphatic heterocycles. The summed E-state index contributed by atoms with van der Waals surface area (Å²) >= 11 is 0. The Balaban J connectivity index is 1.48. The monoisotopic (exact) mass is 417 g/mol. The topological polar surface area (TPSA) is 77.9 Å². The van der Waals surface area contributed by atoms with Crippen molar-refractivity contribution in [2.45, 2.75) is 52.0 Å². The molecule has 0 atom stereocenters. The number of nitriles is 1. The fraction of sp³-hybridized carbons (Fsp3) is 0.440. The number of nitrogens with zero attached hydrogens (tertiary/aromatic N) is 4. The molecule has 2 aromatic carbocycles. The first-order valence-electron chi connectivity index (χ1n) is 11.3. The Kier molecular flexibility index (Phi) is 6.61. The third kappa shape index (κ3) is 5.11. The van der Waals surface area contributed by atoms with Gasteiger partial charge in [0.1, 0.15) is 11.5 Å². The summed E-state index contributed by atoms with van der Waals surface area (Å²) in [6.07, 6.45) is 9.68. The van der Waals surface area contributed by atoms with Gasteiger partial charge in [0.25, 0.3) is 0 Å². The van der Waals surface area contributed by atoms with E-state index >= 15 is 0 Å². The van der Waals surface area contributed by atoms with Crippen LogP contribution in [0.15, 0.2) is 47.5 Å². The van der Waals surface area contributed by atoms with Crippen LogP contribution in [0.2, 0.25) is 0 Å². The lowest BCUT2D eigenvalue weighted by atomic mass is 9.89. The normalized spacial score (nSPS) is 16.3. The summed E-state index contributed by atoms with van der Waals surface area (Å²) in [6, 6.07) is 13.7. The fourth-order valence-corrected chi connectivity index (χ4v) is 4.49. The molecule has 0 bridgehead atoms. The molecule has 2 aromatic rings. The van der Waals surface area contributed by atoms with Crippen LogP contribution in [0.5, 0.6) is 11.5 Å². The first kappa shape index (κ1) is 21.0. The number of rotatable bonds is 7. The van der Waals surface area contributed by atoms with Gasteiger partial charge < -0.3 is 15.4 Å². The van der Waals surface area contributed by atoms with E-state index in [-0.39, 0.29) is 0 Å². The van der Waals surface area contributed by atoms with Crippen LogP contribution in [0.1, 0.15) is 51.0 Å². The number of nitrogens with two attached hydrogens (primary N) is 1. The Hall–Kier alpha value is -3.20. The van der Waals surface area contributed by atoms with Crippen LogP contribution in [-0.2, 0) is 6.54 Å². The van der Waals surface area contributed by atoms with Gasteiger partial charge in [-0.3, -0.25) is 4.90 Å². The largest absolute Gasteiger partial charge is 0.457 e. The number of ether oxygens (including phenoxy) is 1. The minimum Gasteiger partial charge on any atom is -0.457 e. The molecule has 1 aliphatic carbocycles. The molecule has 4 rings (SSSR count). The molecule has 1 fully saturated rings. The molecule has 0 saturated heterocycles. The highest BCUT2D eigenvalue weighted by molar-refractivity contribution is 5.83. The van der Waals surface area contributed by atoms with Crippen molar-refractivity contribution in [1.82, 2.24) is 4.90 Å². The summed E-state index contributed by atoms with van der Waals surface area (Å²) in [6.45, 7) is 4.53. The van der Waals surface area contributed by atoms with E-state index in [1.165, 1.54) is 32.1 Å². The van der Waals surface area contributed by atoms with Crippen LogP contribution >= 0.6 is 0 Å². The Labute approximate surface area is 184 Å². The van der Waals surface area contributed by atoms with Gasteiger partial charge in [0.15, 0.2) is 12.2 Å². The highest BCUT2D eigenvalue weighted by Crippen LogP contribution is 2.33. The van der Waals surface area contributed by atoms with Crippen molar-refractivity contribution < 1.29 is 4.74 Å². The number of hydrogen-bond donors (Lipinski definition) is 1. The summed E-state index contributed by atoms with van der Waals surface area (Å²) in [5, 5.41) is 9.72. The molecule has 0 spiro atoms. The highest BCUT2D eigenvalue weighted by Gasteiger charge is 2.19. The van der Waals surface area contributed by atoms with Crippen molar-refractivity contribution in [2.75, 3.05) is 18.0 Å². The van der Waals surface area contributed by atoms with Gasteiger partial charge in [0, 0.05) is 31.3 Å². The molecule has 162 valence electrons. The summed E-state index contributed by atoms with van der Waals surface area (Å²) in [5.74, 6) is 2.66. The highest BCUT2D eigenvalue weighted by atomic mass is 16.5. The number of anilines is 1. The zero-order valence-electron chi connectivity index (χ0n) is 18.3. The van der Waals surface area contributed by atoms with Crippen molar-refractivity contribution in [2.24, 2.45) is 16.6 Å². The smallest absolute Gasteiger partial charge is 0.196 e. The van der Waals surface area contributed by atoms with Crippen molar-refractivity contribution in [3.63, 3.8) is 0 Å². The molecule has 2 aliphatic rings. The molecule has 6 nitrogen and oxygen atoms in total. The van der Waals surface area contributed by atoms with Crippen LogP contribution in [0.3, 0.4) is 0 Å². The molecule has 0 radical (unpaired) electrons. The molecular formula is C25H31N5O. The van der Waals surface area contributed by atoms with Crippen LogP contribution in [0.4, 0.5) is 11.4 Å². The van der Waals surface area contributed by atoms with E-state index in [2.05, 4.69) is 23.0 Å². The van der Waals surface area contributed by atoms with E-state index in [0.29, 0.717) is 11.9 Å². The van der Waals surface area contributed by atoms with E-state index in [1.807, 2.05) is 42.5 Å². The lowest BCUT2D eigenvalue weighted by Gasteiger charge is -2.28. The standard InChI is InChI=1S/C25H31N5O/c1-2-13-29-17-20-14-23(11-12-24(20)28-25(29)27)31-22-10-6-9-21(15-22)30(18-26)16-19-7-4-3-5-8-19/h6,9-12,14-15,19H,2-5,7-8,13,16-17H2,1H3,(H2,27,28). The summed E-state index contributed by atoms with van der Waals surface area (Å²) in [7, 11) is 0. The molecule has 0 unspecified atom stereocenters. The summed E-state index contributed by atoms with van der Waals surface area (Å²) < 4.78 is 6.16. The fourth-order valence-electron chi connectivity index (χ4n) is 4.49. The second-order valence-electron chi connectivity index (χ2n) is 8.50. The molecule has 1 saturated carbocycles. The minimum atomic E-state index is 0.574. The summed E-state index contributed by atoms with van der Waals surface area (Å²) in [5.41, 5.74) is 8.97. The van der Waals surface area contributed by atoms with Crippen molar-refractivity contribution in [3.05, 3.63) is 48.0 Å². The zero-order chi connectivity index (χ0) is 21.6. The third-order valence-corrected chi connectivity index (χ3v) is 6.12. The van der Waals surface area contributed by atoms with Crippen LogP contribution < -0.4 is 15.4 Å². The predicted molar refractivity (Wildman–Crippen MR) is 124 cm³/mol. The van der Waals surface area contributed by atoms with E-state index in [1.54, 1.807) is 4.90 Å². The number of benzene rings is 2. The van der Waals surface area contributed by atoms with Crippen LogP contribution in [0.25, 0.3) is 0 Å². The van der Waals surface area contributed by atoms with Crippen molar-refractivity contribution >= 4 is 17.3 Å². The van der Waals surface area contributed by atoms with Gasteiger partial charge in [0.05, 0.1) is 11.4 Å². The molecule has 0 aromatic heterocycles. The molecule has 31 heavy (non-hydrogen) atoms. The maximum atomic E-state index is 9.72. The zero-order valence-corrected chi connectivity index (χ0v) is 18.3. The molecular weight excluding hydrogens is 386 g/mol. The molecule has 2 N–H and O–H groups in total. The maximum absolute atomic E-state index is 9.72. The number of guanidine groups is 1. The lowest BCUT2D eigenvalue weighted by molar-refractivity contribution is 0.365. The molecule has 1 heterocycles. The molecule has 6 heteroatoms. The van der Waals surface area contributed by atoms with E-state index in [9.17, 15) is 5.26 Å². The SMILES string of the molecule is CCCN1Cc2cc(Oc3cccc(N(C#N)CC4CCCCC4)c3)ccc2N=C1N. The van der Waals surface area contributed by atoms with Crippen molar-refractivity contribution in [3.8, 4) is 17.7 Å². The Bertz CT molecular complexity index is 974. The average Bonchev–Trinajstić information content (AvgIpc) is 2.79. The maximum Gasteiger partial charge on any atom is 0.196 e. The van der Waals surface area contributed by atoms with Gasteiger partial charge in [-0.25, -0.2) is 4.99 Å². The second kappa shape index (κ2) is 9.74. The third-order valence-electron chi connectivity index (χ3n) is 6.12. The van der Waals surface area contributed by atoms with E-state index in [4.69, 9.17) is 10.5 Å². The minimum absolute atomic E-state index is 0.574. The van der Waals surface area contributed by atoms with Gasteiger partial charge in [0.2, 0.25) is 0 Å². The number of aliphatic imine (C=N–C) groups is 1. The lowest BCUT2D eigenvalue weighted by Crippen LogP contribution is -2.39. The predicted octanol–water partition coefficient (Wildman–Crippen LogP) is 5.52. The van der Waals surface area contributed by atoms with Gasteiger partial charge in [-0.1, -0.05) is 32.3 Å². The summed E-state index contributed by atoms with van der Waals surface area (Å²) in [4.78, 5) is 8.41. The molecule has 0 amide bonds. The van der Waals surface area contributed by atoms with E-state index in [0.717, 1.165) is 54.5 Å². The first-order valence-corrected chi connectivity index (χ1v) is 11.3. The Morgan fingerprint density at radius 1 is 1.16 bits per heavy atom. The first-order chi connectivity index (χ1) is 15.2. The van der Waals surface area contributed by atoms with Crippen LogP contribution in [-0.4, -0.2) is 23.9 Å². The van der Waals surface area contributed by atoms with Gasteiger partial charge in [-0.05, 0) is 55.5 Å². The van der Waals surface area contributed by atoms with Crippen LogP contribution in [0, 0.1) is 17.4 Å². The second-order valence-corrected chi connectivity index (χ2v) is 8.50. The van der Waals surface area contributed by atoms with Gasteiger partial charge >= 0.3 is 0 Å². The van der Waals surface area contributed by atoms with Gasteiger partial charge in [-0.2, -0.15) is 5.26 Å². The van der Waals surface area contributed by atoms with Gasteiger partial charge in [-0.15, -0.1) is 0 Å². The Morgan fingerprint density at radius 3 is 2.74 bits per heavy atom. The Morgan fingerprint density at radius 2 is 1.97 bits per heavy atom. The average molecular weight is 418 g/mol. The quantitative estimate of drug-likeness (QED) is 0.474. The number of fused-ring (bicyclic) bond motifs is 1. The van der Waals surface area contributed by atoms with Crippen molar-refractivity contribution in [1.29, 1.82) is 5.26 Å². The van der Waals surface area contributed by atoms with E-state index < -0.39 is 0 Å².